The summed E-state index contributed by atoms with van der Waals surface area (Å²) in [7, 11) is 0. The number of nitrogens with zero attached hydrogens (tertiary/aromatic N) is 1. The number of para-hydroxylation sites is 1. The lowest BCUT2D eigenvalue weighted by atomic mass is 9.99. The first-order valence-corrected chi connectivity index (χ1v) is 9.58. The molecule has 1 aromatic carbocycles. The molecule has 1 fully saturated rings. The largest absolute Gasteiger partial charge is 0.459 e. The van der Waals surface area contributed by atoms with Crippen molar-refractivity contribution in [1.82, 2.24) is 10.6 Å². The van der Waals surface area contributed by atoms with Gasteiger partial charge in [-0.05, 0) is 57.4 Å². The summed E-state index contributed by atoms with van der Waals surface area (Å²) in [6.07, 6.45) is 4.76. The van der Waals surface area contributed by atoms with Crippen molar-refractivity contribution in [3.05, 3.63) is 53.5 Å². The zero-order chi connectivity index (χ0) is 18.1. The topological polar surface area (TPSA) is 57.5 Å². The first-order chi connectivity index (χ1) is 12.6. The molecule has 138 valence electrons. The van der Waals surface area contributed by atoms with E-state index in [2.05, 4.69) is 53.6 Å². The monoisotopic (exact) mass is 353 g/mol. The van der Waals surface area contributed by atoms with Gasteiger partial charge in [0, 0.05) is 35.9 Å². The van der Waals surface area contributed by atoms with E-state index in [1.54, 1.807) is 6.26 Å². The van der Waals surface area contributed by atoms with E-state index >= 15 is 0 Å². The van der Waals surface area contributed by atoms with Crippen molar-refractivity contribution in [2.75, 3.05) is 11.4 Å². The lowest BCUT2D eigenvalue weighted by Gasteiger charge is -2.30. The third kappa shape index (κ3) is 3.23. The van der Waals surface area contributed by atoms with Gasteiger partial charge in [-0.25, -0.2) is 0 Å². The van der Waals surface area contributed by atoms with Crippen molar-refractivity contribution in [2.45, 2.75) is 57.8 Å². The van der Waals surface area contributed by atoms with Gasteiger partial charge in [-0.2, -0.15) is 0 Å². The van der Waals surface area contributed by atoms with Gasteiger partial charge < -0.3 is 20.0 Å². The minimum Gasteiger partial charge on any atom is -0.459 e. The van der Waals surface area contributed by atoms with E-state index in [1.807, 2.05) is 6.07 Å². The van der Waals surface area contributed by atoms with Crippen molar-refractivity contribution >= 4 is 11.6 Å². The summed E-state index contributed by atoms with van der Waals surface area (Å²) < 4.78 is 5.58. The van der Waals surface area contributed by atoms with Crippen LogP contribution < -0.4 is 15.5 Å². The molecule has 0 aliphatic carbocycles. The standard InChI is InChI=1S/C21H27N3O2/c1-14-12-16-6-3-4-8-19(16)24(14)13-17-9-11-26-20(17)21(25)23-18-7-5-10-22-15(18)2/h3-4,6,8-9,11,14-15,18,22H,5,7,10,12-13H2,1-2H3,(H,23,25). The number of rotatable bonds is 4. The summed E-state index contributed by atoms with van der Waals surface area (Å²) in [5.74, 6) is 0.338. The Morgan fingerprint density at radius 1 is 1.31 bits per heavy atom. The maximum atomic E-state index is 12.8. The van der Waals surface area contributed by atoms with Gasteiger partial charge in [0.15, 0.2) is 5.76 Å². The second kappa shape index (κ2) is 7.16. The summed E-state index contributed by atoms with van der Waals surface area (Å²) in [4.78, 5) is 15.2. The average molecular weight is 353 g/mol. The fourth-order valence-corrected chi connectivity index (χ4v) is 4.19. The van der Waals surface area contributed by atoms with Crippen LogP contribution in [0.2, 0.25) is 0 Å². The van der Waals surface area contributed by atoms with E-state index < -0.39 is 0 Å². The fraction of sp³-hybridized carbons (Fsp3) is 0.476. The summed E-state index contributed by atoms with van der Waals surface area (Å²) in [5, 5.41) is 6.57. The fourth-order valence-electron chi connectivity index (χ4n) is 4.19. The van der Waals surface area contributed by atoms with E-state index in [0.717, 1.165) is 31.4 Å². The van der Waals surface area contributed by atoms with Gasteiger partial charge in [0.2, 0.25) is 0 Å². The molecule has 2 aliphatic rings. The normalized spacial score (nSPS) is 25.2. The highest BCUT2D eigenvalue weighted by molar-refractivity contribution is 5.93. The van der Waals surface area contributed by atoms with E-state index in [4.69, 9.17) is 4.42 Å². The van der Waals surface area contributed by atoms with Gasteiger partial charge in [-0.1, -0.05) is 18.2 Å². The maximum Gasteiger partial charge on any atom is 0.287 e. The Kier molecular flexibility index (Phi) is 4.72. The number of amides is 1. The van der Waals surface area contributed by atoms with Gasteiger partial charge in [-0.15, -0.1) is 0 Å². The van der Waals surface area contributed by atoms with Crippen molar-refractivity contribution < 1.29 is 9.21 Å². The first-order valence-electron chi connectivity index (χ1n) is 9.58. The van der Waals surface area contributed by atoms with E-state index in [-0.39, 0.29) is 18.0 Å². The van der Waals surface area contributed by atoms with Crippen LogP contribution in [0.1, 0.15) is 48.4 Å². The second-order valence-electron chi connectivity index (χ2n) is 7.55. The van der Waals surface area contributed by atoms with Crippen LogP contribution in [0.15, 0.2) is 41.0 Å². The molecule has 1 saturated heterocycles. The van der Waals surface area contributed by atoms with E-state index in [9.17, 15) is 4.79 Å². The Morgan fingerprint density at radius 2 is 2.15 bits per heavy atom. The summed E-state index contributed by atoms with van der Waals surface area (Å²) in [5.41, 5.74) is 3.58. The first kappa shape index (κ1) is 17.2. The zero-order valence-corrected chi connectivity index (χ0v) is 15.5. The predicted molar refractivity (Wildman–Crippen MR) is 102 cm³/mol. The van der Waals surface area contributed by atoms with Crippen molar-refractivity contribution in [3.63, 3.8) is 0 Å². The molecular weight excluding hydrogens is 326 g/mol. The van der Waals surface area contributed by atoms with Gasteiger partial charge in [0.25, 0.3) is 5.91 Å². The molecule has 2 aromatic rings. The number of hydrogen-bond donors (Lipinski definition) is 2. The minimum atomic E-state index is -0.106. The van der Waals surface area contributed by atoms with Crippen LogP contribution in [0.25, 0.3) is 0 Å². The number of anilines is 1. The number of benzene rings is 1. The lowest BCUT2D eigenvalue weighted by Crippen LogP contribution is -2.52. The Hall–Kier alpha value is -2.27. The van der Waals surface area contributed by atoms with Gasteiger partial charge in [-0.3, -0.25) is 4.79 Å². The molecule has 5 heteroatoms. The molecule has 5 nitrogen and oxygen atoms in total. The number of carbonyl (C=O) groups excluding carboxylic acids is 1. The van der Waals surface area contributed by atoms with Gasteiger partial charge in [0.05, 0.1) is 6.26 Å². The number of carbonyl (C=O) groups is 1. The predicted octanol–water partition coefficient (Wildman–Crippen LogP) is 3.10. The number of hydrogen-bond acceptors (Lipinski definition) is 4. The maximum absolute atomic E-state index is 12.8. The summed E-state index contributed by atoms with van der Waals surface area (Å²) >= 11 is 0. The minimum absolute atomic E-state index is 0.106. The van der Waals surface area contributed by atoms with Crippen LogP contribution in [0.4, 0.5) is 5.69 Å². The van der Waals surface area contributed by atoms with E-state index in [0.29, 0.717) is 18.3 Å². The highest BCUT2D eigenvalue weighted by Gasteiger charge is 2.29. The third-order valence-corrected chi connectivity index (χ3v) is 5.72. The summed E-state index contributed by atoms with van der Waals surface area (Å²) in [6, 6.07) is 11.3. The number of piperidine rings is 1. The molecule has 0 spiro atoms. The molecule has 3 atom stereocenters. The molecular formula is C21H27N3O2. The molecule has 1 aromatic heterocycles. The molecule has 0 bridgehead atoms. The molecule has 2 aliphatic heterocycles. The lowest BCUT2D eigenvalue weighted by molar-refractivity contribution is 0.0890. The van der Waals surface area contributed by atoms with Crippen LogP contribution in [-0.4, -0.2) is 30.6 Å². The Morgan fingerprint density at radius 3 is 3.00 bits per heavy atom. The van der Waals surface area contributed by atoms with Gasteiger partial charge in [0.1, 0.15) is 0 Å². The van der Waals surface area contributed by atoms with Crippen molar-refractivity contribution in [3.8, 4) is 0 Å². The zero-order valence-electron chi connectivity index (χ0n) is 15.5. The van der Waals surface area contributed by atoms with E-state index in [1.165, 1.54) is 11.3 Å². The molecule has 0 radical (unpaired) electrons. The molecule has 3 unspecified atom stereocenters. The van der Waals surface area contributed by atoms with Crippen LogP contribution in [0, 0.1) is 0 Å². The summed E-state index contributed by atoms with van der Waals surface area (Å²) in [6.45, 7) is 6.06. The highest BCUT2D eigenvalue weighted by Crippen LogP contribution is 2.33. The number of furan rings is 1. The third-order valence-electron chi connectivity index (χ3n) is 5.72. The molecule has 3 heterocycles. The average Bonchev–Trinajstić information content (AvgIpc) is 3.22. The quantitative estimate of drug-likeness (QED) is 0.887. The van der Waals surface area contributed by atoms with Crippen LogP contribution in [0.5, 0.6) is 0 Å². The number of nitrogens with one attached hydrogen (secondary N) is 2. The smallest absolute Gasteiger partial charge is 0.287 e. The molecule has 0 saturated carbocycles. The van der Waals surface area contributed by atoms with Crippen LogP contribution >= 0.6 is 0 Å². The molecule has 4 rings (SSSR count). The second-order valence-corrected chi connectivity index (χ2v) is 7.55. The Labute approximate surface area is 154 Å². The number of fused-ring (bicyclic) bond motifs is 1. The van der Waals surface area contributed by atoms with Gasteiger partial charge >= 0.3 is 0 Å². The van der Waals surface area contributed by atoms with Crippen molar-refractivity contribution in [1.29, 1.82) is 0 Å². The van der Waals surface area contributed by atoms with Crippen LogP contribution in [-0.2, 0) is 13.0 Å². The Bertz CT molecular complexity index is 785. The van der Waals surface area contributed by atoms with Crippen LogP contribution in [0.3, 0.4) is 0 Å². The van der Waals surface area contributed by atoms with Crippen molar-refractivity contribution in [2.24, 2.45) is 0 Å². The SMILES string of the molecule is CC1NCCCC1NC(=O)c1occc1CN1c2ccccc2CC1C. The molecule has 1 amide bonds. The molecule has 26 heavy (non-hydrogen) atoms. The Balaban J connectivity index is 1.49. The molecule has 2 N–H and O–H groups in total. The highest BCUT2D eigenvalue weighted by atomic mass is 16.3.